The van der Waals surface area contributed by atoms with Gasteiger partial charge in [-0.15, -0.1) is 0 Å². The van der Waals surface area contributed by atoms with E-state index in [2.05, 4.69) is 5.32 Å². The van der Waals surface area contributed by atoms with E-state index in [0.717, 1.165) is 29.9 Å². The fraction of sp³-hybridized carbons (Fsp3) is 0.235. The summed E-state index contributed by atoms with van der Waals surface area (Å²) in [5.41, 5.74) is 6.48. The fourth-order valence-electron chi connectivity index (χ4n) is 2.62. The Hall–Kier alpha value is -2.33. The van der Waals surface area contributed by atoms with Gasteiger partial charge in [-0.3, -0.25) is 10.1 Å². The first-order valence-electron chi connectivity index (χ1n) is 7.10. The van der Waals surface area contributed by atoms with E-state index in [9.17, 15) is 4.79 Å². The van der Waals surface area contributed by atoms with Gasteiger partial charge in [0.15, 0.2) is 0 Å². The van der Waals surface area contributed by atoms with Crippen molar-refractivity contribution < 1.29 is 9.53 Å². The number of rotatable bonds is 4. The molecule has 2 aromatic carbocycles. The molecule has 4 heteroatoms. The molecule has 3 rings (SSSR count). The van der Waals surface area contributed by atoms with E-state index in [4.69, 9.17) is 10.5 Å². The molecule has 0 spiro atoms. The molecule has 4 nitrogen and oxygen atoms in total. The predicted molar refractivity (Wildman–Crippen MR) is 81.1 cm³/mol. The van der Waals surface area contributed by atoms with Crippen LogP contribution in [0.4, 0.5) is 0 Å². The van der Waals surface area contributed by atoms with Crippen molar-refractivity contribution in [2.24, 2.45) is 5.73 Å². The van der Waals surface area contributed by atoms with Gasteiger partial charge < -0.3 is 10.5 Å². The summed E-state index contributed by atoms with van der Waals surface area (Å²) in [7, 11) is 0. The van der Waals surface area contributed by atoms with Gasteiger partial charge in [-0.05, 0) is 42.7 Å². The van der Waals surface area contributed by atoms with Gasteiger partial charge in [0.25, 0.3) is 0 Å². The van der Waals surface area contributed by atoms with Crippen LogP contribution < -0.4 is 15.8 Å². The number of nitrogens with one attached hydrogen (secondary N) is 1. The van der Waals surface area contributed by atoms with Crippen LogP contribution >= 0.6 is 0 Å². The van der Waals surface area contributed by atoms with Crippen LogP contribution in [0.2, 0.25) is 0 Å². The minimum absolute atomic E-state index is 0.188. The second kappa shape index (κ2) is 5.97. The molecule has 1 aliphatic heterocycles. The molecule has 108 valence electrons. The normalized spacial score (nSPS) is 21.1. The summed E-state index contributed by atoms with van der Waals surface area (Å²) in [4.78, 5) is 11.2. The van der Waals surface area contributed by atoms with Gasteiger partial charge in [0, 0.05) is 6.04 Å². The first-order valence-corrected chi connectivity index (χ1v) is 7.10. The van der Waals surface area contributed by atoms with Crippen molar-refractivity contribution >= 4 is 5.91 Å². The van der Waals surface area contributed by atoms with Crippen LogP contribution in [-0.2, 0) is 4.79 Å². The summed E-state index contributed by atoms with van der Waals surface area (Å²) in [6, 6.07) is 17.6. The number of primary amides is 1. The number of carbonyl (C=O) groups excluding carboxylic acids is 1. The Morgan fingerprint density at radius 2 is 1.67 bits per heavy atom. The number of para-hydroxylation sites is 1. The highest BCUT2D eigenvalue weighted by Gasteiger charge is 2.28. The SMILES string of the molecule is NC(=O)[C@@H]1CC[C@H](c2ccc(Oc3ccccc3)cc2)N1. The minimum atomic E-state index is -0.276. The standard InChI is InChI=1S/C17H18N2O2/c18-17(20)16-11-10-15(19-16)12-6-8-14(9-7-12)21-13-4-2-1-3-5-13/h1-9,15-16,19H,10-11H2,(H2,18,20)/t15-,16+/m1/s1. The quantitative estimate of drug-likeness (QED) is 0.906. The van der Waals surface area contributed by atoms with Gasteiger partial charge in [0.1, 0.15) is 11.5 Å². The second-order valence-corrected chi connectivity index (χ2v) is 5.24. The Morgan fingerprint density at radius 3 is 2.29 bits per heavy atom. The topological polar surface area (TPSA) is 64.4 Å². The molecular weight excluding hydrogens is 264 g/mol. The number of hydrogen-bond acceptors (Lipinski definition) is 3. The monoisotopic (exact) mass is 282 g/mol. The summed E-state index contributed by atoms with van der Waals surface area (Å²) in [6.07, 6.45) is 1.72. The zero-order valence-corrected chi connectivity index (χ0v) is 11.7. The molecule has 1 aliphatic rings. The molecule has 2 aromatic rings. The van der Waals surface area contributed by atoms with Crippen molar-refractivity contribution in [3.8, 4) is 11.5 Å². The Bertz CT molecular complexity index is 610. The third-order valence-electron chi connectivity index (χ3n) is 3.75. The molecule has 0 aromatic heterocycles. The number of carbonyl (C=O) groups is 1. The van der Waals surface area contributed by atoms with Crippen molar-refractivity contribution in [1.29, 1.82) is 0 Å². The smallest absolute Gasteiger partial charge is 0.234 e. The maximum absolute atomic E-state index is 11.2. The summed E-state index contributed by atoms with van der Waals surface area (Å²) >= 11 is 0. The van der Waals surface area contributed by atoms with E-state index in [1.165, 1.54) is 0 Å². The Morgan fingerprint density at radius 1 is 1.00 bits per heavy atom. The molecule has 0 unspecified atom stereocenters. The minimum Gasteiger partial charge on any atom is -0.457 e. The van der Waals surface area contributed by atoms with Crippen LogP contribution in [0.25, 0.3) is 0 Å². The summed E-state index contributed by atoms with van der Waals surface area (Å²) in [5.74, 6) is 1.34. The summed E-state index contributed by atoms with van der Waals surface area (Å²) in [5, 5.41) is 3.26. The van der Waals surface area contributed by atoms with Crippen molar-refractivity contribution in [1.82, 2.24) is 5.32 Å². The summed E-state index contributed by atoms with van der Waals surface area (Å²) < 4.78 is 5.76. The van der Waals surface area contributed by atoms with Crippen LogP contribution in [0.15, 0.2) is 54.6 Å². The van der Waals surface area contributed by atoms with Gasteiger partial charge in [-0.25, -0.2) is 0 Å². The molecule has 1 saturated heterocycles. The molecule has 0 radical (unpaired) electrons. The molecule has 2 atom stereocenters. The molecule has 1 amide bonds. The number of hydrogen-bond donors (Lipinski definition) is 2. The fourth-order valence-corrected chi connectivity index (χ4v) is 2.62. The Labute approximate surface area is 123 Å². The first kappa shape index (κ1) is 13.6. The zero-order chi connectivity index (χ0) is 14.7. The Kier molecular flexibility index (Phi) is 3.88. The van der Waals surface area contributed by atoms with Gasteiger partial charge >= 0.3 is 0 Å². The molecule has 0 bridgehead atoms. The van der Waals surface area contributed by atoms with Gasteiger partial charge in [0.05, 0.1) is 6.04 Å². The highest BCUT2D eigenvalue weighted by molar-refractivity contribution is 5.80. The van der Waals surface area contributed by atoms with Crippen molar-refractivity contribution in [2.45, 2.75) is 24.9 Å². The zero-order valence-electron chi connectivity index (χ0n) is 11.7. The van der Waals surface area contributed by atoms with Gasteiger partial charge in [0.2, 0.25) is 5.91 Å². The first-order chi connectivity index (χ1) is 10.2. The predicted octanol–water partition coefficient (Wildman–Crippen LogP) is 2.76. The van der Waals surface area contributed by atoms with Crippen LogP contribution in [0.3, 0.4) is 0 Å². The van der Waals surface area contributed by atoms with Crippen molar-refractivity contribution in [3.05, 3.63) is 60.2 Å². The maximum atomic E-state index is 11.2. The number of amides is 1. The number of ether oxygens (including phenoxy) is 1. The van der Waals surface area contributed by atoms with Gasteiger partial charge in [-0.2, -0.15) is 0 Å². The van der Waals surface area contributed by atoms with Crippen molar-refractivity contribution in [2.75, 3.05) is 0 Å². The maximum Gasteiger partial charge on any atom is 0.234 e. The lowest BCUT2D eigenvalue weighted by Gasteiger charge is -2.13. The highest BCUT2D eigenvalue weighted by Crippen LogP contribution is 2.29. The molecule has 21 heavy (non-hydrogen) atoms. The van der Waals surface area contributed by atoms with E-state index in [1.807, 2.05) is 54.6 Å². The van der Waals surface area contributed by atoms with E-state index in [1.54, 1.807) is 0 Å². The van der Waals surface area contributed by atoms with Gasteiger partial charge in [-0.1, -0.05) is 30.3 Å². The lowest BCUT2D eigenvalue weighted by Crippen LogP contribution is -2.37. The third-order valence-corrected chi connectivity index (χ3v) is 3.75. The Balaban J connectivity index is 1.66. The van der Waals surface area contributed by atoms with E-state index < -0.39 is 0 Å². The summed E-state index contributed by atoms with van der Waals surface area (Å²) in [6.45, 7) is 0. The average molecular weight is 282 g/mol. The van der Waals surface area contributed by atoms with E-state index >= 15 is 0 Å². The molecule has 1 heterocycles. The van der Waals surface area contributed by atoms with E-state index in [0.29, 0.717) is 0 Å². The number of nitrogens with two attached hydrogens (primary N) is 1. The molecule has 1 fully saturated rings. The molecule has 0 saturated carbocycles. The van der Waals surface area contributed by atoms with Crippen LogP contribution in [-0.4, -0.2) is 11.9 Å². The average Bonchev–Trinajstić information content (AvgIpc) is 2.99. The van der Waals surface area contributed by atoms with Crippen molar-refractivity contribution in [3.63, 3.8) is 0 Å². The van der Waals surface area contributed by atoms with Crippen LogP contribution in [0, 0.1) is 0 Å². The molecular formula is C17H18N2O2. The molecule has 3 N–H and O–H groups in total. The lowest BCUT2D eigenvalue weighted by atomic mass is 10.1. The van der Waals surface area contributed by atoms with E-state index in [-0.39, 0.29) is 18.0 Å². The lowest BCUT2D eigenvalue weighted by molar-refractivity contribution is -0.119. The van der Waals surface area contributed by atoms with Crippen LogP contribution in [0.5, 0.6) is 11.5 Å². The largest absolute Gasteiger partial charge is 0.457 e. The van der Waals surface area contributed by atoms with Crippen LogP contribution in [0.1, 0.15) is 24.4 Å². The number of benzene rings is 2. The third kappa shape index (κ3) is 3.23. The second-order valence-electron chi connectivity index (χ2n) is 5.24. The molecule has 0 aliphatic carbocycles. The highest BCUT2D eigenvalue weighted by atomic mass is 16.5.